The van der Waals surface area contributed by atoms with Crippen LogP contribution < -0.4 is 9.62 Å². The number of morpholine rings is 1. The minimum Gasteiger partial charge on any atom is -0.379 e. The number of hydrogen-bond donors (Lipinski definition) is 1. The molecule has 0 aromatic heterocycles. The van der Waals surface area contributed by atoms with Crippen molar-refractivity contribution in [2.75, 3.05) is 50.0 Å². The summed E-state index contributed by atoms with van der Waals surface area (Å²) in [4.78, 5) is 14.8. The zero-order valence-electron chi connectivity index (χ0n) is 15.2. The largest absolute Gasteiger partial charge is 0.379 e. The van der Waals surface area contributed by atoms with E-state index in [0.29, 0.717) is 26.3 Å². The number of anilines is 1. The second-order valence-electron chi connectivity index (χ2n) is 6.18. The molecule has 0 unspecified atom stereocenters. The van der Waals surface area contributed by atoms with Gasteiger partial charge in [-0.2, -0.15) is 0 Å². The van der Waals surface area contributed by atoms with Crippen molar-refractivity contribution in [3.8, 4) is 0 Å². The molecule has 0 radical (unpaired) electrons. The van der Waals surface area contributed by atoms with Gasteiger partial charge in [-0.3, -0.25) is 14.0 Å². The highest BCUT2D eigenvalue weighted by molar-refractivity contribution is 7.92. The average Bonchev–Trinajstić information content (AvgIpc) is 2.60. The molecule has 1 atom stereocenters. The third-order valence-corrected chi connectivity index (χ3v) is 5.42. The number of nitrogens with one attached hydrogen (secondary N) is 1. The molecule has 1 N–H and O–H groups in total. The molecular formula is C17H26FN3O4S. The molecule has 1 aliphatic rings. The first-order chi connectivity index (χ1) is 12.3. The highest BCUT2D eigenvalue weighted by Crippen LogP contribution is 2.25. The molecule has 1 aromatic carbocycles. The smallest absolute Gasteiger partial charge is 0.243 e. The summed E-state index contributed by atoms with van der Waals surface area (Å²) in [6.45, 7) is 5.69. The van der Waals surface area contributed by atoms with Crippen LogP contribution in [0.5, 0.6) is 0 Å². The molecule has 26 heavy (non-hydrogen) atoms. The van der Waals surface area contributed by atoms with Gasteiger partial charge in [-0.05, 0) is 18.6 Å². The summed E-state index contributed by atoms with van der Waals surface area (Å²) < 4.78 is 44.8. The van der Waals surface area contributed by atoms with E-state index in [1.807, 2.05) is 0 Å². The quantitative estimate of drug-likeness (QED) is 0.715. The predicted molar refractivity (Wildman–Crippen MR) is 98.1 cm³/mol. The van der Waals surface area contributed by atoms with E-state index in [1.165, 1.54) is 18.2 Å². The number of amides is 1. The predicted octanol–water partition coefficient (Wildman–Crippen LogP) is 0.819. The molecule has 7 nitrogen and oxygen atoms in total. The fourth-order valence-corrected chi connectivity index (χ4v) is 4.16. The average molecular weight is 387 g/mol. The van der Waals surface area contributed by atoms with Crippen LogP contribution >= 0.6 is 0 Å². The molecule has 0 spiro atoms. The van der Waals surface area contributed by atoms with Crippen LogP contribution in [0.15, 0.2) is 24.3 Å². The summed E-state index contributed by atoms with van der Waals surface area (Å²) in [6, 6.07) is 4.55. The molecule has 0 saturated carbocycles. The van der Waals surface area contributed by atoms with Crippen molar-refractivity contribution in [1.29, 1.82) is 0 Å². The fraction of sp³-hybridized carbons (Fsp3) is 0.588. The number of ether oxygens (including phenoxy) is 1. The molecule has 1 aromatic rings. The minimum absolute atomic E-state index is 0.120. The fourth-order valence-electron chi connectivity index (χ4n) is 2.95. The van der Waals surface area contributed by atoms with Crippen molar-refractivity contribution in [1.82, 2.24) is 10.2 Å². The van der Waals surface area contributed by atoms with E-state index in [2.05, 4.69) is 10.2 Å². The number of para-hydroxylation sites is 1. The molecule has 146 valence electrons. The summed E-state index contributed by atoms with van der Waals surface area (Å²) in [7, 11) is -3.84. The molecule has 0 aliphatic carbocycles. The first kappa shape index (κ1) is 20.6. The first-order valence-electron chi connectivity index (χ1n) is 8.66. The Hall–Kier alpha value is -1.71. The lowest BCUT2D eigenvalue weighted by Crippen LogP contribution is -2.51. The summed E-state index contributed by atoms with van der Waals surface area (Å²) in [5.74, 6) is -1.12. The Morgan fingerprint density at radius 1 is 1.35 bits per heavy atom. The van der Waals surface area contributed by atoms with Crippen LogP contribution in [0.4, 0.5) is 10.1 Å². The van der Waals surface area contributed by atoms with Gasteiger partial charge in [0.25, 0.3) is 0 Å². The molecule has 0 bridgehead atoms. The summed E-state index contributed by atoms with van der Waals surface area (Å²) in [5, 5.41) is 2.77. The van der Waals surface area contributed by atoms with E-state index in [4.69, 9.17) is 4.74 Å². The SMILES string of the molecule is CC[C@@H](C(=O)NCCN1CCOCC1)N(c1ccccc1F)S(C)(=O)=O. The lowest BCUT2D eigenvalue weighted by molar-refractivity contribution is -0.122. The third-order valence-electron chi connectivity index (χ3n) is 4.25. The maximum atomic E-state index is 14.2. The maximum Gasteiger partial charge on any atom is 0.243 e. The molecule has 2 rings (SSSR count). The summed E-state index contributed by atoms with van der Waals surface area (Å²) in [6.07, 6.45) is 1.20. The van der Waals surface area contributed by atoms with E-state index < -0.39 is 27.8 Å². The van der Waals surface area contributed by atoms with Crippen molar-refractivity contribution in [3.05, 3.63) is 30.1 Å². The molecular weight excluding hydrogens is 361 g/mol. The normalized spacial score (nSPS) is 16.9. The van der Waals surface area contributed by atoms with Gasteiger partial charge >= 0.3 is 0 Å². The second kappa shape index (κ2) is 9.29. The lowest BCUT2D eigenvalue weighted by atomic mass is 10.2. The number of halogens is 1. The van der Waals surface area contributed by atoms with Crippen molar-refractivity contribution in [2.45, 2.75) is 19.4 Å². The van der Waals surface area contributed by atoms with Crippen molar-refractivity contribution in [3.63, 3.8) is 0 Å². The molecule has 1 saturated heterocycles. The Kier molecular flexibility index (Phi) is 7.36. The molecule has 1 amide bonds. The molecule has 1 heterocycles. The van der Waals surface area contributed by atoms with Gasteiger partial charge in [0.15, 0.2) is 0 Å². The van der Waals surface area contributed by atoms with E-state index in [9.17, 15) is 17.6 Å². The van der Waals surface area contributed by atoms with Gasteiger partial charge in [0.2, 0.25) is 15.9 Å². The number of benzene rings is 1. The zero-order chi connectivity index (χ0) is 19.2. The van der Waals surface area contributed by atoms with Gasteiger partial charge in [-0.15, -0.1) is 0 Å². The van der Waals surface area contributed by atoms with Crippen LogP contribution in [0.2, 0.25) is 0 Å². The van der Waals surface area contributed by atoms with Crippen LogP contribution in [0.1, 0.15) is 13.3 Å². The number of sulfonamides is 1. The van der Waals surface area contributed by atoms with Gasteiger partial charge in [-0.1, -0.05) is 19.1 Å². The van der Waals surface area contributed by atoms with Crippen LogP contribution in [-0.2, 0) is 19.6 Å². The minimum atomic E-state index is -3.84. The van der Waals surface area contributed by atoms with Gasteiger partial charge < -0.3 is 10.1 Å². The summed E-state index contributed by atoms with van der Waals surface area (Å²) >= 11 is 0. The highest BCUT2D eigenvalue weighted by atomic mass is 32.2. The number of carbonyl (C=O) groups is 1. The summed E-state index contributed by atoms with van der Waals surface area (Å²) in [5.41, 5.74) is -0.120. The highest BCUT2D eigenvalue weighted by Gasteiger charge is 2.32. The molecule has 1 aliphatic heterocycles. The van der Waals surface area contributed by atoms with Gasteiger partial charge in [0.1, 0.15) is 11.9 Å². The number of rotatable bonds is 8. The number of nitrogens with zero attached hydrogens (tertiary/aromatic N) is 2. The first-order valence-corrected chi connectivity index (χ1v) is 10.5. The van der Waals surface area contributed by atoms with Crippen molar-refractivity contribution >= 4 is 21.6 Å². The van der Waals surface area contributed by atoms with Crippen molar-refractivity contribution in [2.24, 2.45) is 0 Å². The standard InChI is InChI=1S/C17H26FN3O4S/c1-3-15(17(22)19-8-9-20-10-12-25-13-11-20)21(26(2,23)24)16-7-5-4-6-14(16)18/h4-7,15H,3,8-13H2,1-2H3,(H,19,22)/t15-/m0/s1. The topological polar surface area (TPSA) is 79.0 Å². The van der Waals surface area contributed by atoms with Crippen LogP contribution in [0, 0.1) is 5.82 Å². The van der Waals surface area contributed by atoms with E-state index in [-0.39, 0.29) is 12.1 Å². The Morgan fingerprint density at radius 3 is 2.58 bits per heavy atom. The third kappa shape index (κ3) is 5.39. The Bertz CT molecular complexity index is 708. The Labute approximate surface area is 154 Å². The van der Waals surface area contributed by atoms with E-state index in [1.54, 1.807) is 13.0 Å². The van der Waals surface area contributed by atoms with Gasteiger partial charge in [0.05, 0.1) is 25.2 Å². The van der Waals surface area contributed by atoms with Crippen molar-refractivity contribution < 1.29 is 22.3 Å². The Balaban J connectivity index is 2.09. The number of carbonyl (C=O) groups excluding carboxylic acids is 1. The van der Waals surface area contributed by atoms with Gasteiger partial charge in [-0.25, -0.2) is 12.8 Å². The van der Waals surface area contributed by atoms with Crippen LogP contribution in [0.25, 0.3) is 0 Å². The maximum absolute atomic E-state index is 14.2. The van der Waals surface area contributed by atoms with E-state index in [0.717, 1.165) is 23.7 Å². The molecule has 9 heteroatoms. The second-order valence-corrected chi connectivity index (χ2v) is 8.04. The lowest BCUT2D eigenvalue weighted by Gasteiger charge is -2.31. The Morgan fingerprint density at radius 2 is 2.00 bits per heavy atom. The molecule has 1 fully saturated rings. The number of hydrogen-bond acceptors (Lipinski definition) is 5. The van der Waals surface area contributed by atoms with Gasteiger partial charge in [0, 0.05) is 26.2 Å². The zero-order valence-corrected chi connectivity index (χ0v) is 16.0. The monoisotopic (exact) mass is 387 g/mol. The van der Waals surface area contributed by atoms with E-state index >= 15 is 0 Å². The van der Waals surface area contributed by atoms with Crippen LogP contribution in [-0.4, -0.2) is 70.9 Å². The van der Waals surface area contributed by atoms with Crippen LogP contribution in [0.3, 0.4) is 0 Å².